The second-order valence-corrected chi connectivity index (χ2v) is 2.89. The van der Waals surface area contributed by atoms with Gasteiger partial charge in [-0.2, -0.15) is 13.2 Å². The Morgan fingerprint density at radius 2 is 2.08 bits per heavy atom. The van der Waals surface area contributed by atoms with Gasteiger partial charge >= 0.3 is 6.18 Å². The average Bonchev–Trinajstić information content (AvgIpc) is 2.02. The first kappa shape index (κ1) is 10.3. The minimum atomic E-state index is -4.51. The van der Waals surface area contributed by atoms with E-state index in [1.165, 1.54) is 0 Å². The largest absolute Gasteiger partial charge is 0.431 e. The molecule has 0 bridgehead atoms. The van der Waals surface area contributed by atoms with Gasteiger partial charge in [-0.3, -0.25) is 4.79 Å². The maximum absolute atomic E-state index is 12.2. The van der Waals surface area contributed by atoms with Crippen molar-refractivity contribution in [2.24, 2.45) is 0 Å². The predicted octanol–water partition coefficient (Wildman–Crippen LogP) is 2.29. The van der Waals surface area contributed by atoms with Crippen LogP contribution in [0.15, 0.2) is 17.1 Å². The quantitative estimate of drug-likeness (QED) is 0.768. The number of rotatable bonds is 1. The van der Waals surface area contributed by atoms with Crippen LogP contribution in [0.2, 0.25) is 0 Å². The first-order valence-corrected chi connectivity index (χ1v) is 4.42. The Labute approximate surface area is 79.9 Å². The van der Waals surface area contributed by atoms with Crippen LogP contribution in [0.4, 0.5) is 13.2 Å². The van der Waals surface area contributed by atoms with Crippen LogP contribution in [0.5, 0.6) is 0 Å². The fourth-order valence-electron chi connectivity index (χ4n) is 0.897. The number of aromatic amines is 1. The van der Waals surface area contributed by atoms with Crippen molar-refractivity contribution in [2.75, 3.05) is 0 Å². The fourth-order valence-corrected chi connectivity index (χ4v) is 1.45. The second-order valence-electron chi connectivity index (χ2n) is 2.33. The van der Waals surface area contributed by atoms with Gasteiger partial charge in [0.05, 0.1) is 0 Å². The molecule has 0 unspecified atom stereocenters. The van der Waals surface area contributed by atoms with Gasteiger partial charge in [0.2, 0.25) is 0 Å². The van der Waals surface area contributed by atoms with E-state index in [-0.39, 0.29) is 10.9 Å². The number of hydrogen-bond donors (Lipinski definition) is 1. The molecule has 1 aromatic heterocycles. The minimum Gasteiger partial charge on any atom is -0.357 e. The molecule has 0 saturated heterocycles. The van der Waals surface area contributed by atoms with Crippen LogP contribution in [0.1, 0.15) is 11.3 Å². The number of H-pyrrole nitrogens is 1. The van der Waals surface area contributed by atoms with Crippen molar-refractivity contribution in [2.45, 2.75) is 11.5 Å². The zero-order chi connectivity index (χ0) is 10.1. The monoisotopic (exact) mass is 255 g/mol. The maximum atomic E-state index is 12.2. The van der Waals surface area contributed by atoms with E-state index in [1.54, 1.807) is 0 Å². The van der Waals surface area contributed by atoms with Crippen molar-refractivity contribution in [1.82, 2.24) is 4.98 Å². The summed E-state index contributed by atoms with van der Waals surface area (Å²) in [5.41, 5.74) is -1.91. The molecule has 0 aliphatic rings. The van der Waals surface area contributed by atoms with E-state index in [2.05, 4.69) is 15.9 Å². The van der Waals surface area contributed by atoms with Crippen molar-refractivity contribution in [3.05, 3.63) is 33.7 Å². The van der Waals surface area contributed by atoms with Crippen LogP contribution in [-0.2, 0) is 11.5 Å². The standard InChI is InChI=1S/C7H5BrF3NO/c8-3-4-5(13)1-2-12-6(4)7(9,10)11/h1-2H,3H2,(H,12,13). The van der Waals surface area contributed by atoms with Crippen molar-refractivity contribution in [1.29, 1.82) is 0 Å². The lowest BCUT2D eigenvalue weighted by atomic mass is 10.2. The van der Waals surface area contributed by atoms with E-state index in [0.29, 0.717) is 0 Å². The number of alkyl halides is 4. The molecular weight excluding hydrogens is 251 g/mol. The number of aromatic nitrogens is 1. The summed E-state index contributed by atoms with van der Waals surface area (Å²) in [5, 5.41) is -0.113. The topological polar surface area (TPSA) is 32.9 Å². The molecular formula is C7H5BrF3NO. The Bertz CT molecular complexity index is 357. The van der Waals surface area contributed by atoms with Crippen LogP contribution < -0.4 is 5.43 Å². The molecule has 6 heteroatoms. The first-order valence-electron chi connectivity index (χ1n) is 3.30. The minimum absolute atomic E-state index is 0.113. The molecule has 72 valence electrons. The van der Waals surface area contributed by atoms with Crippen LogP contribution in [0, 0.1) is 0 Å². The van der Waals surface area contributed by atoms with Gasteiger partial charge in [-0.1, -0.05) is 15.9 Å². The highest BCUT2D eigenvalue weighted by Crippen LogP contribution is 2.29. The Morgan fingerprint density at radius 1 is 1.46 bits per heavy atom. The summed E-state index contributed by atoms with van der Waals surface area (Å²) in [7, 11) is 0. The molecule has 0 aromatic carbocycles. The Morgan fingerprint density at radius 3 is 2.46 bits per heavy atom. The molecule has 1 heterocycles. The zero-order valence-corrected chi connectivity index (χ0v) is 7.87. The molecule has 0 spiro atoms. The number of nitrogens with one attached hydrogen (secondary N) is 1. The number of hydrogen-bond acceptors (Lipinski definition) is 1. The van der Waals surface area contributed by atoms with Gasteiger partial charge in [0.15, 0.2) is 5.43 Å². The maximum Gasteiger partial charge on any atom is 0.431 e. The molecule has 1 rings (SSSR count). The fraction of sp³-hybridized carbons (Fsp3) is 0.286. The van der Waals surface area contributed by atoms with E-state index < -0.39 is 17.3 Å². The zero-order valence-electron chi connectivity index (χ0n) is 6.28. The number of halogens is 4. The third-order valence-electron chi connectivity index (χ3n) is 1.48. The summed E-state index contributed by atoms with van der Waals surface area (Å²) in [6, 6.07) is 1.06. The molecule has 0 fully saturated rings. The van der Waals surface area contributed by atoms with E-state index in [9.17, 15) is 18.0 Å². The van der Waals surface area contributed by atoms with Crippen LogP contribution in [0.25, 0.3) is 0 Å². The lowest BCUT2D eigenvalue weighted by Gasteiger charge is -2.09. The normalized spacial score (nSPS) is 11.7. The summed E-state index contributed by atoms with van der Waals surface area (Å²) in [6.07, 6.45) is -3.53. The van der Waals surface area contributed by atoms with Crippen LogP contribution >= 0.6 is 15.9 Å². The lowest BCUT2D eigenvalue weighted by molar-refractivity contribution is -0.141. The molecule has 1 N–H and O–H groups in total. The van der Waals surface area contributed by atoms with Crippen LogP contribution in [0.3, 0.4) is 0 Å². The van der Waals surface area contributed by atoms with Gasteiger partial charge in [0.1, 0.15) is 5.69 Å². The van der Waals surface area contributed by atoms with Crippen molar-refractivity contribution in [3.63, 3.8) is 0 Å². The summed E-state index contributed by atoms with van der Waals surface area (Å²) in [6.45, 7) is 0. The van der Waals surface area contributed by atoms with Crippen molar-refractivity contribution in [3.8, 4) is 0 Å². The van der Waals surface area contributed by atoms with Gasteiger partial charge < -0.3 is 4.98 Å². The number of pyridine rings is 1. The summed E-state index contributed by atoms with van der Waals surface area (Å²) in [4.78, 5) is 13.0. The molecule has 0 aliphatic heterocycles. The highest BCUT2D eigenvalue weighted by molar-refractivity contribution is 9.08. The van der Waals surface area contributed by atoms with Gasteiger partial charge in [0.25, 0.3) is 0 Å². The lowest BCUT2D eigenvalue weighted by Crippen LogP contribution is -2.18. The summed E-state index contributed by atoms with van der Waals surface area (Å²) in [5.74, 6) is 0. The SMILES string of the molecule is O=c1cc[nH]c(C(F)(F)F)c1CBr. The van der Waals surface area contributed by atoms with Crippen molar-refractivity contribution < 1.29 is 13.2 Å². The van der Waals surface area contributed by atoms with E-state index in [0.717, 1.165) is 12.3 Å². The second kappa shape index (κ2) is 3.53. The molecule has 1 aromatic rings. The van der Waals surface area contributed by atoms with E-state index in [1.807, 2.05) is 4.98 Å². The third-order valence-corrected chi connectivity index (χ3v) is 2.04. The van der Waals surface area contributed by atoms with E-state index >= 15 is 0 Å². The van der Waals surface area contributed by atoms with Crippen molar-refractivity contribution >= 4 is 15.9 Å². The van der Waals surface area contributed by atoms with Crippen LogP contribution in [-0.4, -0.2) is 4.98 Å². The predicted molar refractivity (Wildman–Crippen MR) is 44.7 cm³/mol. The van der Waals surface area contributed by atoms with Gasteiger partial charge in [-0.15, -0.1) is 0 Å². The smallest absolute Gasteiger partial charge is 0.357 e. The van der Waals surface area contributed by atoms with E-state index in [4.69, 9.17) is 0 Å². The molecule has 13 heavy (non-hydrogen) atoms. The van der Waals surface area contributed by atoms with Gasteiger partial charge in [-0.05, 0) is 0 Å². The summed E-state index contributed by atoms with van der Waals surface area (Å²) < 4.78 is 36.7. The Kier molecular flexibility index (Phi) is 2.80. The van der Waals surface area contributed by atoms with Gasteiger partial charge in [0, 0.05) is 23.2 Å². The third kappa shape index (κ3) is 2.12. The Hall–Kier alpha value is -0.780. The highest BCUT2D eigenvalue weighted by Gasteiger charge is 2.34. The highest BCUT2D eigenvalue weighted by atomic mass is 79.9. The molecule has 0 atom stereocenters. The molecule has 0 saturated carbocycles. The molecule has 0 amide bonds. The summed E-state index contributed by atoms with van der Waals surface area (Å²) >= 11 is 2.83. The first-order chi connectivity index (χ1) is 5.96. The Balaban J connectivity index is 3.38. The molecule has 0 radical (unpaired) electrons. The molecule has 0 aliphatic carbocycles. The molecule has 2 nitrogen and oxygen atoms in total. The average molecular weight is 256 g/mol. The van der Waals surface area contributed by atoms with Gasteiger partial charge in [-0.25, -0.2) is 0 Å².